The predicted octanol–water partition coefficient (Wildman–Crippen LogP) is 13.2. The maximum Gasteiger partial charge on any atom is 0 e. The number of furan rings is 1. The summed E-state index contributed by atoms with van der Waals surface area (Å²) in [5.41, 5.74) is 12.1. The molecule has 0 fully saturated rings. The number of pyridine rings is 1. The molecule has 1 radical (unpaired) electrons. The number of para-hydroxylation sites is 4. The van der Waals surface area contributed by atoms with Crippen LogP contribution in [0.2, 0.25) is 17.3 Å². The number of nitrogens with zero attached hydrogens (tertiary/aromatic N) is 3. The molecule has 0 N–H and O–H groups in total. The normalized spacial score (nSPS) is 12.3. The van der Waals surface area contributed by atoms with Gasteiger partial charge in [0.05, 0.1) is 22.4 Å². The van der Waals surface area contributed by atoms with E-state index in [1.807, 2.05) is 42.5 Å². The molecule has 0 saturated heterocycles. The van der Waals surface area contributed by atoms with Crippen molar-refractivity contribution in [1.29, 1.82) is 0 Å². The van der Waals surface area contributed by atoms with E-state index in [1.54, 1.807) is 4.40 Å². The fourth-order valence-electron chi connectivity index (χ4n) is 7.47. The molecule has 0 aliphatic carbocycles. The van der Waals surface area contributed by atoms with Gasteiger partial charge < -0.3 is 8.98 Å². The van der Waals surface area contributed by atoms with Crippen molar-refractivity contribution in [3.63, 3.8) is 0 Å². The second kappa shape index (κ2) is 16.8. The van der Waals surface area contributed by atoms with Crippen molar-refractivity contribution in [2.75, 3.05) is 0 Å². The zero-order valence-corrected chi connectivity index (χ0v) is 38.0. The molecule has 283 valence electrons. The van der Waals surface area contributed by atoms with Crippen LogP contribution in [0.3, 0.4) is 0 Å². The topological polar surface area (TPSA) is 43.9 Å². The molecular weight excluding hydrogens is 911 g/mol. The van der Waals surface area contributed by atoms with Crippen LogP contribution < -0.4 is 4.40 Å². The molecule has 4 nitrogen and oxygen atoms in total. The van der Waals surface area contributed by atoms with Gasteiger partial charge in [-0.3, -0.25) is 4.98 Å². The van der Waals surface area contributed by atoms with Gasteiger partial charge in [0.15, 0.2) is 0 Å². The van der Waals surface area contributed by atoms with Gasteiger partial charge in [-0.25, -0.2) is 0 Å². The molecule has 8 rings (SSSR count). The monoisotopic (exact) mass is 964 g/mol. The SMILES string of the molecule is CC(C)c1cccc(C(C)C)c1-n1c(-c2[c-]ccc3c2oc2ccccc23)nc2ccccc21.CCC(C)c1cc(-c2[c-]cccc2)nc[c]1[Ge]([CH3])([CH3])[CH3].[Ir]. The maximum absolute atomic E-state index is 6.40. The minimum absolute atomic E-state index is 0. The summed E-state index contributed by atoms with van der Waals surface area (Å²) < 4.78 is 10.3. The summed E-state index contributed by atoms with van der Waals surface area (Å²) in [5.74, 6) is 9.52. The van der Waals surface area contributed by atoms with Gasteiger partial charge in [0.2, 0.25) is 0 Å². The number of hydrogen-bond donors (Lipinski definition) is 0. The van der Waals surface area contributed by atoms with Gasteiger partial charge in [-0.2, -0.15) is 0 Å². The van der Waals surface area contributed by atoms with Crippen molar-refractivity contribution in [2.24, 2.45) is 0 Å². The summed E-state index contributed by atoms with van der Waals surface area (Å²) in [6, 6.07) is 44.5. The number of hydrogen-bond acceptors (Lipinski definition) is 3. The Kier molecular flexibility index (Phi) is 12.4. The molecule has 0 bridgehead atoms. The first-order valence-corrected chi connectivity index (χ1v) is 26.7. The van der Waals surface area contributed by atoms with E-state index in [9.17, 15) is 0 Å². The minimum atomic E-state index is -1.87. The van der Waals surface area contributed by atoms with Gasteiger partial charge >= 0.3 is 126 Å². The third-order valence-corrected chi connectivity index (χ3v) is 14.8. The number of fused-ring (bicyclic) bond motifs is 4. The second-order valence-corrected chi connectivity index (χ2v) is 26.6. The Bertz CT molecular complexity index is 2530. The average Bonchev–Trinajstić information content (AvgIpc) is 3.76. The van der Waals surface area contributed by atoms with E-state index in [2.05, 4.69) is 148 Å². The Hall–Kier alpha value is -4.29. The van der Waals surface area contributed by atoms with Gasteiger partial charge in [0.25, 0.3) is 0 Å². The van der Waals surface area contributed by atoms with Gasteiger partial charge in [0.1, 0.15) is 5.58 Å². The maximum atomic E-state index is 6.40. The van der Waals surface area contributed by atoms with Crippen molar-refractivity contribution in [2.45, 2.75) is 83.0 Å². The Balaban J connectivity index is 0.000000211. The van der Waals surface area contributed by atoms with Crippen molar-refractivity contribution in [3.05, 3.63) is 144 Å². The molecule has 8 aromatic rings. The Morgan fingerprint density at radius 2 is 1.42 bits per heavy atom. The van der Waals surface area contributed by atoms with Gasteiger partial charge in [0, 0.05) is 31.2 Å². The summed E-state index contributed by atoms with van der Waals surface area (Å²) in [7, 11) is 0. The summed E-state index contributed by atoms with van der Waals surface area (Å²) in [4.78, 5) is 9.86. The van der Waals surface area contributed by atoms with Crippen LogP contribution in [-0.2, 0) is 20.1 Å². The zero-order valence-electron chi connectivity index (χ0n) is 33.5. The molecule has 0 amide bonds. The molecule has 0 saturated carbocycles. The summed E-state index contributed by atoms with van der Waals surface area (Å²) in [6.45, 7) is 13.6. The van der Waals surface area contributed by atoms with Crippen LogP contribution in [0, 0.1) is 12.1 Å². The minimum Gasteiger partial charge on any atom is 0 e. The van der Waals surface area contributed by atoms with Gasteiger partial charge in [-0.1, -0.05) is 87.2 Å². The van der Waals surface area contributed by atoms with Gasteiger partial charge in [-0.15, -0.1) is 18.2 Å². The van der Waals surface area contributed by atoms with E-state index in [0.29, 0.717) is 17.8 Å². The van der Waals surface area contributed by atoms with Crippen molar-refractivity contribution in [1.82, 2.24) is 14.5 Å². The van der Waals surface area contributed by atoms with E-state index in [-0.39, 0.29) is 20.1 Å². The van der Waals surface area contributed by atoms with Crippen molar-refractivity contribution < 1.29 is 24.5 Å². The number of aromatic nitrogens is 3. The second-order valence-electron chi connectivity index (χ2n) is 16.0. The van der Waals surface area contributed by atoms with E-state index < -0.39 is 13.3 Å². The van der Waals surface area contributed by atoms with Crippen LogP contribution in [0.4, 0.5) is 0 Å². The Morgan fingerprint density at radius 3 is 2.09 bits per heavy atom. The third-order valence-electron chi connectivity index (χ3n) is 10.6. The first-order valence-electron chi connectivity index (χ1n) is 19.4. The molecular formula is C49H51GeIrN3O-2. The number of imidazole rings is 1. The summed E-state index contributed by atoms with van der Waals surface area (Å²) in [5, 5.41) is 2.20. The summed E-state index contributed by atoms with van der Waals surface area (Å²) >= 11 is -1.87. The molecule has 1 atom stereocenters. The van der Waals surface area contributed by atoms with E-state index >= 15 is 0 Å². The van der Waals surface area contributed by atoms with Crippen LogP contribution >= 0.6 is 0 Å². The molecule has 6 heteroatoms. The smallest absolute Gasteiger partial charge is 0 e. The zero-order chi connectivity index (χ0) is 38.1. The quantitative estimate of drug-likeness (QED) is 0.113. The van der Waals surface area contributed by atoms with Crippen molar-refractivity contribution in [3.8, 4) is 28.3 Å². The van der Waals surface area contributed by atoms with E-state index in [4.69, 9.17) is 14.4 Å². The largest absolute Gasteiger partial charge is 0 e. The van der Waals surface area contributed by atoms with Crippen LogP contribution in [0.15, 0.2) is 120 Å². The molecule has 55 heavy (non-hydrogen) atoms. The van der Waals surface area contributed by atoms with Gasteiger partial charge in [-0.05, 0) is 41.2 Å². The number of rotatable bonds is 8. The molecule has 3 heterocycles. The number of benzene rings is 5. The molecule has 1 unspecified atom stereocenters. The van der Waals surface area contributed by atoms with Crippen LogP contribution in [0.1, 0.15) is 82.4 Å². The van der Waals surface area contributed by atoms with Crippen LogP contribution in [0.25, 0.3) is 61.3 Å². The van der Waals surface area contributed by atoms with E-state index in [0.717, 1.165) is 55.6 Å². The van der Waals surface area contributed by atoms with Crippen LogP contribution in [0.5, 0.6) is 0 Å². The molecule has 5 aromatic carbocycles. The first-order chi connectivity index (χ1) is 26.0. The summed E-state index contributed by atoms with van der Waals surface area (Å²) in [6.07, 6.45) is 3.31. The molecule has 0 aliphatic rings. The molecule has 3 aromatic heterocycles. The van der Waals surface area contributed by atoms with Crippen molar-refractivity contribution >= 4 is 50.6 Å². The fourth-order valence-corrected chi connectivity index (χ4v) is 10.9. The average molecular weight is 963 g/mol. The van der Waals surface area contributed by atoms with Crippen LogP contribution in [-0.4, -0.2) is 27.8 Å². The molecule has 0 aliphatic heterocycles. The first kappa shape index (κ1) is 40.4. The molecule has 0 spiro atoms. The third kappa shape index (κ3) is 8.03. The standard InChI is InChI=1S/C31H27N2O.C18H24GeN.Ir/c1-19(2)21-12-9-13-22(20(3)4)29(21)33-27-17-7-6-16-26(27)32-31(33)25-15-10-14-24-23-11-5-8-18-28(23)34-30(24)25;1-6-14(2)16-12-18(15-10-8-7-9-11-15)20-13-17(16)19(3,4)5;/h5-14,16-20H,1-4H3;7-10,12-14H,6H2,1-5H3;/q2*-1;. The van der Waals surface area contributed by atoms with E-state index in [1.165, 1.54) is 28.8 Å². The Morgan fingerprint density at radius 1 is 0.727 bits per heavy atom. The fraction of sp³-hybridized carbons (Fsp3) is 0.265. The predicted molar refractivity (Wildman–Crippen MR) is 231 cm³/mol. The Labute approximate surface area is 343 Å².